The van der Waals surface area contributed by atoms with Crippen molar-refractivity contribution in [2.24, 2.45) is 0 Å². The van der Waals surface area contributed by atoms with Gasteiger partial charge >= 0.3 is 0 Å². The summed E-state index contributed by atoms with van der Waals surface area (Å²) in [5.41, 5.74) is 0.889. The average Bonchev–Trinajstić information content (AvgIpc) is 2.28. The zero-order valence-corrected chi connectivity index (χ0v) is 6.40. The van der Waals surface area contributed by atoms with Crippen molar-refractivity contribution in [2.45, 2.75) is 0 Å². The van der Waals surface area contributed by atoms with E-state index in [9.17, 15) is 5.11 Å². The minimum Gasteiger partial charge on any atom is -0.508 e. The van der Waals surface area contributed by atoms with Gasteiger partial charge in [-0.3, -0.25) is 0 Å². The van der Waals surface area contributed by atoms with E-state index in [1.165, 1.54) is 0 Å². The van der Waals surface area contributed by atoms with E-state index in [1.54, 1.807) is 30.5 Å². The fraction of sp³-hybridized carbons (Fsp3) is 0. The molecule has 0 atom stereocenters. The van der Waals surface area contributed by atoms with E-state index in [-0.39, 0.29) is 5.75 Å². The number of fused-ring (bicyclic) bond motifs is 1. The summed E-state index contributed by atoms with van der Waals surface area (Å²) in [6, 6.07) is 5.01. The Hall–Kier alpha value is -1.70. The van der Waals surface area contributed by atoms with Crippen LogP contribution in [-0.2, 0) is 0 Å². The van der Waals surface area contributed by atoms with Crippen LogP contribution in [0.5, 0.6) is 11.5 Å². The van der Waals surface area contributed by atoms with Crippen LogP contribution in [-0.4, -0.2) is 5.11 Å². The molecule has 1 N–H and O–H groups in total. The predicted octanol–water partition coefficient (Wildman–Crippen LogP) is 2.31. The number of hydrogen-bond donors (Lipinski definition) is 1. The molecule has 0 radical (unpaired) electrons. The first-order valence-electron chi connectivity index (χ1n) is 3.69. The number of phenolic OH excluding ortho intramolecular Hbond substituents is 1. The number of benzene rings is 1. The average molecular weight is 160 g/mol. The van der Waals surface area contributed by atoms with E-state index in [1.807, 2.05) is 12.2 Å². The highest BCUT2D eigenvalue weighted by atomic mass is 16.5. The lowest BCUT2D eigenvalue weighted by atomic mass is 10.2. The third-order valence-corrected chi connectivity index (χ3v) is 1.65. The van der Waals surface area contributed by atoms with E-state index in [0.29, 0.717) is 0 Å². The van der Waals surface area contributed by atoms with Gasteiger partial charge in [-0.05, 0) is 24.3 Å². The minimum absolute atomic E-state index is 0.254. The number of rotatable bonds is 0. The number of allylic oxidation sites excluding steroid dienone is 2. The Morgan fingerprint density at radius 2 is 2.08 bits per heavy atom. The molecule has 60 valence electrons. The highest BCUT2D eigenvalue weighted by Crippen LogP contribution is 2.26. The topological polar surface area (TPSA) is 29.5 Å². The van der Waals surface area contributed by atoms with E-state index in [2.05, 4.69) is 0 Å². The predicted molar refractivity (Wildman–Crippen MR) is 46.9 cm³/mol. The van der Waals surface area contributed by atoms with Crippen LogP contribution in [0.3, 0.4) is 0 Å². The molecule has 0 spiro atoms. The smallest absolute Gasteiger partial charge is 0.134 e. The van der Waals surface area contributed by atoms with Crippen LogP contribution in [0.25, 0.3) is 6.08 Å². The van der Waals surface area contributed by atoms with Crippen molar-refractivity contribution < 1.29 is 9.84 Å². The Bertz CT molecular complexity index is 351. The normalized spacial score (nSPS) is 13.3. The molecule has 1 aromatic carbocycles. The van der Waals surface area contributed by atoms with Crippen LogP contribution in [0.4, 0.5) is 0 Å². The molecule has 0 saturated carbocycles. The monoisotopic (exact) mass is 160 g/mol. The van der Waals surface area contributed by atoms with Gasteiger partial charge in [0.1, 0.15) is 11.5 Å². The summed E-state index contributed by atoms with van der Waals surface area (Å²) in [5.74, 6) is 1.02. The van der Waals surface area contributed by atoms with Crippen molar-refractivity contribution in [2.75, 3.05) is 0 Å². The Balaban J connectivity index is 2.53. The maximum atomic E-state index is 9.17. The zero-order valence-electron chi connectivity index (χ0n) is 6.40. The number of ether oxygens (including phenoxy) is 1. The van der Waals surface area contributed by atoms with Crippen molar-refractivity contribution in [3.8, 4) is 11.5 Å². The molecule has 2 rings (SSSR count). The second-order valence-electron chi connectivity index (χ2n) is 2.53. The molecule has 0 amide bonds. The lowest BCUT2D eigenvalue weighted by Gasteiger charge is -2.02. The van der Waals surface area contributed by atoms with Crippen LogP contribution in [0.1, 0.15) is 5.56 Å². The number of hydrogen-bond acceptors (Lipinski definition) is 2. The third kappa shape index (κ3) is 1.19. The Morgan fingerprint density at radius 1 is 1.17 bits per heavy atom. The SMILES string of the molecule is Oc1ccc2c(c1)C=CC=CO2. The first kappa shape index (κ1) is 6.98. The molecule has 0 fully saturated rings. The van der Waals surface area contributed by atoms with Gasteiger partial charge in [0.15, 0.2) is 0 Å². The molecule has 1 aliphatic rings. The van der Waals surface area contributed by atoms with Gasteiger partial charge in [-0.15, -0.1) is 0 Å². The highest BCUT2D eigenvalue weighted by molar-refractivity contribution is 5.61. The van der Waals surface area contributed by atoms with E-state index < -0.39 is 0 Å². The Morgan fingerprint density at radius 3 is 3.00 bits per heavy atom. The van der Waals surface area contributed by atoms with E-state index >= 15 is 0 Å². The maximum Gasteiger partial charge on any atom is 0.134 e. The van der Waals surface area contributed by atoms with E-state index in [4.69, 9.17) is 4.74 Å². The Kier molecular flexibility index (Phi) is 1.59. The van der Waals surface area contributed by atoms with Crippen molar-refractivity contribution in [3.63, 3.8) is 0 Å². The van der Waals surface area contributed by atoms with Gasteiger partial charge in [0.2, 0.25) is 0 Å². The van der Waals surface area contributed by atoms with Crippen LogP contribution in [0.2, 0.25) is 0 Å². The van der Waals surface area contributed by atoms with Crippen LogP contribution >= 0.6 is 0 Å². The molecule has 0 aromatic heterocycles. The molecule has 2 heteroatoms. The molecule has 0 saturated heterocycles. The van der Waals surface area contributed by atoms with Crippen LogP contribution < -0.4 is 4.74 Å². The zero-order chi connectivity index (χ0) is 8.39. The second kappa shape index (κ2) is 2.74. The Labute approximate surface area is 70.4 Å². The lowest BCUT2D eigenvalue weighted by molar-refractivity contribution is 0.463. The molecule has 1 heterocycles. The fourth-order valence-electron chi connectivity index (χ4n) is 1.09. The van der Waals surface area contributed by atoms with Crippen LogP contribution in [0.15, 0.2) is 36.6 Å². The van der Waals surface area contributed by atoms with Crippen molar-refractivity contribution in [3.05, 3.63) is 42.2 Å². The molecule has 1 aromatic rings. The molecule has 0 unspecified atom stereocenters. The summed E-state index contributed by atoms with van der Waals surface area (Å²) < 4.78 is 5.25. The quantitative estimate of drug-likeness (QED) is 0.631. The first-order chi connectivity index (χ1) is 5.86. The maximum absolute atomic E-state index is 9.17. The first-order valence-corrected chi connectivity index (χ1v) is 3.69. The number of phenols is 1. The van der Waals surface area contributed by atoms with Gasteiger partial charge in [-0.1, -0.05) is 12.2 Å². The molecule has 0 aliphatic carbocycles. The standard InChI is InChI=1S/C10H8O2/c11-9-4-5-10-8(7-9)3-1-2-6-12-10/h1-7,11H. The van der Waals surface area contributed by atoms with Gasteiger partial charge in [-0.2, -0.15) is 0 Å². The fourth-order valence-corrected chi connectivity index (χ4v) is 1.09. The van der Waals surface area contributed by atoms with E-state index in [0.717, 1.165) is 11.3 Å². The summed E-state index contributed by atoms with van der Waals surface area (Å²) in [7, 11) is 0. The minimum atomic E-state index is 0.254. The van der Waals surface area contributed by atoms with Crippen molar-refractivity contribution >= 4 is 6.08 Å². The van der Waals surface area contributed by atoms with Crippen molar-refractivity contribution in [1.82, 2.24) is 0 Å². The number of aromatic hydroxyl groups is 1. The third-order valence-electron chi connectivity index (χ3n) is 1.65. The summed E-state index contributed by atoms with van der Waals surface area (Å²) in [6.07, 6.45) is 7.17. The highest BCUT2D eigenvalue weighted by Gasteiger charge is 2.01. The molecule has 0 bridgehead atoms. The second-order valence-corrected chi connectivity index (χ2v) is 2.53. The van der Waals surface area contributed by atoms with Crippen molar-refractivity contribution in [1.29, 1.82) is 0 Å². The summed E-state index contributed by atoms with van der Waals surface area (Å²) in [4.78, 5) is 0. The molecule has 1 aliphatic heterocycles. The largest absolute Gasteiger partial charge is 0.508 e. The summed E-state index contributed by atoms with van der Waals surface area (Å²) in [5, 5.41) is 9.17. The van der Waals surface area contributed by atoms with Gasteiger partial charge < -0.3 is 9.84 Å². The van der Waals surface area contributed by atoms with Gasteiger partial charge in [0.05, 0.1) is 6.26 Å². The summed E-state index contributed by atoms with van der Waals surface area (Å²) in [6.45, 7) is 0. The molecular formula is C10H8O2. The lowest BCUT2D eigenvalue weighted by Crippen LogP contribution is -1.83. The van der Waals surface area contributed by atoms with Gasteiger partial charge in [0, 0.05) is 5.56 Å². The van der Waals surface area contributed by atoms with Crippen LogP contribution in [0, 0.1) is 0 Å². The van der Waals surface area contributed by atoms with Gasteiger partial charge in [0.25, 0.3) is 0 Å². The molecular weight excluding hydrogens is 152 g/mol. The van der Waals surface area contributed by atoms with Gasteiger partial charge in [-0.25, -0.2) is 0 Å². The molecule has 2 nitrogen and oxygen atoms in total. The molecule has 12 heavy (non-hydrogen) atoms. The summed E-state index contributed by atoms with van der Waals surface area (Å²) >= 11 is 0.